The third-order valence-electron chi connectivity index (χ3n) is 4.41. The van der Waals surface area contributed by atoms with Crippen LogP contribution in [0.5, 0.6) is 0 Å². The van der Waals surface area contributed by atoms with E-state index in [4.69, 9.17) is 9.47 Å². The molecule has 120 valence electrons. The van der Waals surface area contributed by atoms with Gasteiger partial charge in [0.1, 0.15) is 0 Å². The lowest BCUT2D eigenvalue weighted by Gasteiger charge is -2.29. The molecule has 0 aliphatic carbocycles. The topological polar surface area (TPSA) is 50.8 Å². The van der Waals surface area contributed by atoms with Crippen molar-refractivity contribution in [2.24, 2.45) is 0 Å². The molecule has 22 heavy (non-hydrogen) atoms. The molecule has 5 nitrogen and oxygen atoms in total. The van der Waals surface area contributed by atoms with Gasteiger partial charge in [-0.25, -0.2) is 4.79 Å². The molecular formula is C17H24N2O3. The Morgan fingerprint density at radius 2 is 2.05 bits per heavy atom. The van der Waals surface area contributed by atoms with Crippen molar-refractivity contribution in [2.75, 3.05) is 44.3 Å². The summed E-state index contributed by atoms with van der Waals surface area (Å²) in [4.78, 5) is 14.4. The van der Waals surface area contributed by atoms with Gasteiger partial charge < -0.3 is 19.7 Å². The Kier molecular flexibility index (Phi) is 4.95. The maximum atomic E-state index is 12.0. The van der Waals surface area contributed by atoms with Gasteiger partial charge >= 0.3 is 5.97 Å². The van der Waals surface area contributed by atoms with Crippen molar-refractivity contribution in [3.8, 4) is 0 Å². The number of hydrogen-bond donors (Lipinski definition) is 1. The largest absolute Gasteiger partial charge is 0.464 e. The van der Waals surface area contributed by atoms with Crippen LogP contribution in [0.15, 0.2) is 24.3 Å². The van der Waals surface area contributed by atoms with Gasteiger partial charge in [-0.2, -0.15) is 0 Å². The van der Waals surface area contributed by atoms with Gasteiger partial charge in [-0.15, -0.1) is 0 Å². The number of anilines is 1. The zero-order valence-electron chi connectivity index (χ0n) is 13.1. The zero-order valence-corrected chi connectivity index (χ0v) is 13.1. The molecule has 0 saturated carbocycles. The first-order valence-electron chi connectivity index (χ1n) is 8.13. The van der Waals surface area contributed by atoms with Crippen LogP contribution < -0.4 is 10.2 Å². The summed E-state index contributed by atoms with van der Waals surface area (Å²) in [6.07, 6.45) is 0.418. The average Bonchev–Trinajstić information content (AvgIpc) is 3.06. The summed E-state index contributed by atoms with van der Waals surface area (Å²) in [5.74, 6) is -0.132. The molecule has 1 N–H and O–H groups in total. The van der Waals surface area contributed by atoms with E-state index in [1.165, 1.54) is 5.69 Å². The highest BCUT2D eigenvalue weighted by atomic mass is 16.6. The van der Waals surface area contributed by atoms with Crippen molar-refractivity contribution in [3.63, 3.8) is 0 Å². The van der Waals surface area contributed by atoms with Crippen molar-refractivity contribution in [1.82, 2.24) is 5.32 Å². The Labute approximate surface area is 131 Å². The van der Waals surface area contributed by atoms with Gasteiger partial charge in [0.05, 0.1) is 6.61 Å². The highest BCUT2D eigenvalue weighted by molar-refractivity contribution is 5.76. The van der Waals surface area contributed by atoms with E-state index in [1.807, 2.05) is 6.92 Å². The van der Waals surface area contributed by atoms with Crippen molar-refractivity contribution in [1.29, 1.82) is 0 Å². The number of nitrogens with zero attached hydrogens (tertiary/aromatic N) is 1. The number of esters is 1. The number of nitrogens with one attached hydrogen (secondary N) is 1. The van der Waals surface area contributed by atoms with Crippen LogP contribution in [0.25, 0.3) is 0 Å². The van der Waals surface area contributed by atoms with Gasteiger partial charge in [0.2, 0.25) is 0 Å². The predicted molar refractivity (Wildman–Crippen MR) is 85.3 cm³/mol. The first kappa shape index (κ1) is 15.3. The van der Waals surface area contributed by atoms with E-state index < -0.39 is 6.10 Å². The maximum absolute atomic E-state index is 12.0. The Balaban J connectivity index is 1.70. The molecule has 0 radical (unpaired) electrons. The lowest BCUT2D eigenvalue weighted by Crippen LogP contribution is -2.43. The van der Waals surface area contributed by atoms with E-state index in [2.05, 4.69) is 34.5 Å². The molecule has 2 saturated heterocycles. The van der Waals surface area contributed by atoms with Gasteiger partial charge in [0, 0.05) is 44.4 Å². The minimum atomic E-state index is -0.454. The number of hydrogen-bond acceptors (Lipinski definition) is 5. The van der Waals surface area contributed by atoms with Gasteiger partial charge in [0.25, 0.3) is 0 Å². The normalized spacial score (nSPS) is 25.2. The van der Waals surface area contributed by atoms with Crippen LogP contribution in [0.4, 0.5) is 5.69 Å². The minimum absolute atomic E-state index is 0.108. The van der Waals surface area contributed by atoms with E-state index in [0.717, 1.165) is 38.2 Å². The van der Waals surface area contributed by atoms with Gasteiger partial charge in [0.15, 0.2) is 6.10 Å². The maximum Gasteiger partial charge on any atom is 0.335 e. The summed E-state index contributed by atoms with van der Waals surface area (Å²) >= 11 is 0. The third-order valence-corrected chi connectivity index (χ3v) is 4.41. The van der Waals surface area contributed by atoms with E-state index in [0.29, 0.717) is 13.2 Å². The molecule has 2 aliphatic heterocycles. The molecule has 0 unspecified atom stereocenters. The molecule has 1 aromatic rings. The summed E-state index contributed by atoms with van der Waals surface area (Å²) in [7, 11) is 0. The Bertz CT molecular complexity index is 497. The van der Waals surface area contributed by atoms with Gasteiger partial charge in [-0.3, -0.25) is 0 Å². The molecule has 0 spiro atoms. The molecule has 0 bridgehead atoms. The standard InChI is InChI=1S/C17H24N2O3/c1-2-21-17(20)16-15(7-12-22-16)13-3-5-14(6-4-13)19-10-8-18-9-11-19/h3-6,15-16,18H,2,7-12H2,1H3/t15-,16-/m1/s1. The van der Waals surface area contributed by atoms with Gasteiger partial charge in [-0.1, -0.05) is 12.1 Å². The highest BCUT2D eigenvalue weighted by Crippen LogP contribution is 2.33. The number of carbonyl (C=O) groups excluding carboxylic acids is 1. The summed E-state index contributed by atoms with van der Waals surface area (Å²) in [5, 5.41) is 3.36. The van der Waals surface area contributed by atoms with E-state index in [-0.39, 0.29) is 11.9 Å². The lowest BCUT2D eigenvalue weighted by molar-refractivity contribution is -0.154. The van der Waals surface area contributed by atoms with Crippen LogP contribution in [0.1, 0.15) is 24.8 Å². The second kappa shape index (κ2) is 7.11. The SMILES string of the molecule is CCOC(=O)[C@@H]1OCC[C@@H]1c1ccc(N2CCNCC2)cc1. The van der Waals surface area contributed by atoms with E-state index in [9.17, 15) is 4.79 Å². The number of rotatable bonds is 4. The first-order chi connectivity index (χ1) is 10.8. The second-order valence-corrected chi connectivity index (χ2v) is 5.77. The zero-order chi connectivity index (χ0) is 15.4. The number of benzene rings is 1. The molecule has 2 aliphatic rings. The fourth-order valence-electron chi connectivity index (χ4n) is 3.24. The quantitative estimate of drug-likeness (QED) is 0.855. The van der Waals surface area contributed by atoms with Crippen molar-refractivity contribution in [3.05, 3.63) is 29.8 Å². The number of carbonyl (C=O) groups is 1. The summed E-state index contributed by atoms with van der Waals surface area (Å²) in [5.41, 5.74) is 2.41. The molecule has 2 atom stereocenters. The number of piperazine rings is 1. The van der Waals surface area contributed by atoms with E-state index >= 15 is 0 Å². The highest BCUT2D eigenvalue weighted by Gasteiger charge is 2.36. The second-order valence-electron chi connectivity index (χ2n) is 5.77. The molecule has 1 aromatic carbocycles. The first-order valence-corrected chi connectivity index (χ1v) is 8.13. The Hall–Kier alpha value is -1.59. The minimum Gasteiger partial charge on any atom is -0.464 e. The smallest absolute Gasteiger partial charge is 0.335 e. The van der Waals surface area contributed by atoms with Crippen LogP contribution >= 0.6 is 0 Å². The average molecular weight is 304 g/mol. The molecule has 5 heteroatoms. The van der Waals surface area contributed by atoms with Crippen LogP contribution in [0.3, 0.4) is 0 Å². The summed E-state index contributed by atoms with van der Waals surface area (Å²) < 4.78 is 10.7. The van der Waals surface area contributed by atoms with Crippen molar-refractivity contribution in [2.45, 2.75) is 25.4 Å². The fourth-order valence-corrected chi connectivity index (χ4v) is 3.24. The Morgan fingerprint density at radius 1 is 1.32 bits per heavy atom. The Morgan fingerprint density at radius 3 is 2.73 bits per heavy atom. The predicted octanol–water partition coefficient (Wildman–Crippen LogP) is 1.53. The summed E-state index contributed by atoms with van der Waals surface area (Å²) in [6, 6.07) is 8.56. The van der Waals surface area contributed by atoms with Gasteiger partial charge in [-0.05, 0) is 31.0 Å². The fraction of sp³-hybridized carbons (Fsp3) is 0.588. The van der Waals surface area contributed by atoms with Crippen LogP contribution in [0.2, 0.25) is 0 Å². The van der Waals surface area contributed by atoms with Crippen molar-refractivity contribution < 1.29 is 14.3 Å². The molecular weight excluding hydrogens is 280 g/mol. The van der Waals surface area contributed by atoms with E-state index in [1.54, 1.807) is 0 Å². The molecule has 3 rings (SSSR count). The lowest BCUT2D eigenvalue weighted by atomic mass is 9.92. The molecule has 0 amide bonds. The molecule has 0 aromatic heterocycles. The number of ether oxygens (including phenoxy) is 2. The van der Waals surface area contributed by atoms with Crippen LogP contribution in [-0.4, -0.2) is 51.5 Å². The van der Waals surface area contributed by atoms with Crippen molar-refractivity contribution >= 4 is 11.7 Å². The third kappa shape index (κ3) is 3.25. The monoisotopic (exact) mass is 304 g/mol. The van der Waals surface area contributed by atoms with Crippen LogP contribution in [0, 0.1) is 0 Å². The van der Waals surface area contributed by atoms with Crippen LogP contribution in [-0.2, 0) is 14.3 Å². The molecule has 2 heterocycles. The summed E-state index contributed by atoms with van der Waals surface area (Å²) in [6.45, 7) is 6.98. The molecule has 2 fully saturated rings.